The van der Waals surface area contributed by atoms with Crippen molar-refractivity contribution in [2.24, 2.45) is 0 Å². The smallest absolute Gasteiger partial charge is 0.387 e. The van der Waals surface area contributed by atoms with Gasteiger partial charge in [0.1, 0.15) is 17.7 Å². The fourth-order valence-electron chi connectivity index (χ4n) is 3.25. The molecule has 21 heteroatoms. The van der Waals surface area contributed by atoms with E-state index in [-0.39, 0.29) is 11.6 Å². The molecule has 1 saturated heterocycles. The Hall–Kier alpha value is -1.47. The highest BCUT2D eigenvalue weighted by molar-refractivity contribution is 7.66. The summed E-state index contributed by atoms with van der Waals surface area (Å²) in [6, 6.07) is 0. The Kier molecular flexibility index (Phi) is 7.85. The summed E-state index contributed by atoms with van der Waals surface area (Å²) in [6.45, 7) is 2.56. The summed E-state index contributed by atoms with van der Waals surface area (Å²) in [5.41, 5.74) is 6.09. The van der Waals surface area contributed by atoms with Crippen LogP contribution < -0.4 is 5.73 Å². The van der Waals surface area contributed by atoms with E-state index in [1.54, 1.807) is 0 Å². The van der Waals surface area contributed by atoms with Crippen LogP contribution in [0.25, 0.3) is 11.2 Å². The average Bonchev–Trinajstić information content (AvgIpc) is 3.17. The van der Waals surface area contributed by atoms with Gasteiger partial charge in [0.25, 0.3) is 0 Å². The van der Waals surface area contributed by atoms with Crippen LogP contribution in [0.4, 0.5) is 5.95 Å². The number of ether oxygens (including phenoxy) is 1. The summed E-state index contributed by atoms with van der Waals surface area (Å²) in [5, 5.41) is 10.9. The number of hydrogen-bond acceptors (Lipinski definition) is 12. The Morgan fingerprint density at radius 2 is 1.89 bits per heavy atom. The van der Waals surface area contributed by atoms with Crippen LogP contribution in [-0.4, -0.2) is 67.4 Å². The van der Waals surface area contributed by atoms with Crippen LogP contribution in [0, 0.1) is 11.8 Å². The lowest BCUT2D eigenvalue weighted by Gasteiger charge is -2.26. The zero-order valence-corrected chi connectivity index (χ0v) is 21.1. The number of imidazole rings is 1. The van der Waals surface area contributed by atoms with E-state index in [2.05, 4.69) is 35.4 Å². The van der Waals surface area contributed by atoms with Crippen LogP contribution in [0.15, 0.2) is 12.5 Å². The lowest BCUT2D eigenvalue weighted by atomic mass is 9.96. The molecule has 0 bridgehead atoms. The third kappa shape index (κ3) is 6.27. The minimum Gasteiger partial charge on any atom is -0.387 e. The fourth-order valence-corrected chi connectivity index (χ4v) is 6.83. The molecule has 0 saturated carbocycles. The van der Waals surface area contributed by atoms with Crippen molar-refractivity contribution in [2.75, 3.05) is 5.73 Å². The first kappa shape index (κ1) is 28.1. The van der Waals surface area contributed by atoms with Gasteiger partial charge < -0.3 is 35.2 Å². The van der Waals surface area contributed by atoms with Crippen LogP contribution in [-0.2, 0) is 31.6 Å². The predicted molar refractivity (Wildman–Crippen MR) is 116 cm³/mol. The Balaban J connectivity index is 1.89. The normalized spacial score (nSPS) is 29.2. The van der Waals surface area contributed by atoms with Gasteiger partial charge in [-0.2, -0.15) is 13.6 Å². The number of nitrogen functional groups attached to an aromatic ring is 1. The number of aromatic nitrogens is 4. The zero-order valence-electron chi connectivity index (χ0n) is 17.6. The average molecular weight is 578 g/mol. The molecule has 1 aliphatic heterocycles. The number of rotatable bonds is 8. The molecule has 7 N–H and O–H groups in total. The number of alkyl halides is 1. The van der Waals surface area contributed by atoms with Gasteiger partial charge in [0.15, 0.2) is 16.7 Å². The largest absolute Gasteiger partial charge is 0.490 e. The van der Waals surface area contributed by atoms with E-state index < -0.39 is 52.9 Å². The lowest BCUT2D eigenvalue weighted by Crippen LogP contribution is -2.43. The molecule has 0 amide bonds. The molecule has 3 rings (SSSR count). The molecule has 194 valence electrons. The minimum absolute atomic E-state index is 0.0999. The van der Waals surface area contributed by atoms with E-state index in [1.807, 2.05) is 0 Å². The van der Waals surface area contributed by atoms with Gasteiger partial charge in [-0.05, 0) is 13.8 Å². The van der Waals surface area contributed by atoms with E-state index in [4.69, 9.17) is 36.4 Å². The molecule has 0 radical (unpaired) electrons. The number of phosphoric ester groups is 1. The van der Waals surface area contributed by atoms with Gasteiger partial charge >= 0.3 is 23.5 Å². The summed E-state index contributed by atoms with van der Waals surface area (Å²) in [7, 11) is -16.9. The molecule has 3 unspecified atom stereocenters. The number of nitrogens with zero attached hydrogens (tertiary/aromatic N) is 4. The maximum atomic E-state index is 12.2. The van der Waals surface area contributed by atoms with Gasteiger partial charge in [-0.3, -0.25) is 9.09 Å². The second-order valence-corrected chi connectivity index (χ2v) is 12.0. The number of anilines is 1. The maximum Gasteiger partial charge on any atom is 0.490 e. The van der Waals surface area contributed by atoms with Gasteiger partial charge in [-0.25, -0.2) is 23.7 Å². The summed E-state index contributed by atoms with van der Waals surface area (Å²) in [6.07, 6.45) is -3.48. The number of halogens is 1. The maximum absolute atomic E-state index is 12.2. The van der Waals surface area contributed by atoms with Crippen LogP contribution in [0.1, 0.15) is 20.1 Å². The van der Waals surface area contributed by atoms with E-state index in [0.29, 0.717) is 5.52 Å². The number of aliphatic hydroxyl groups excluding tert-OH is 1. The van der Waals surface area contributed by atoms with Crippen LogP contribution >= 0.6 is 35.1 Å². The highest BCUT2D eigenvalue weighted by atomic mass is 35.5. The molecular weight excluding hydrogens is 559 g/mol. The second-order valence-electron chi connectivity index (χ2n) is 7.03. The van der Waals surface area contributed by atoms with Gasteiger partial charge in [-0.1, -0.05) is 17.5 Å². The van der Waals surface area contributed by atoms with Crippen molar-refractivity contribution in [1.29, 1.82) is 0 Å². The molecule has 2 aromatic heterocycles. The monoisotopic (exact) mass is 577 g/mol. The number of aliphatic hydroxyl groups is 1. The van der Waals surface area contributed by atoms with Gasteiger partial charge in [0.05, 0.1) is 18.6 Å². The van der Waals surface area contributed by atoms with Crippen LogP contribution in [0.5, 0.6) is 0 Å². The first-order chi connectivity index (χ1) is 16.0. The SMILES string of the molecule is CC#CC1(Cl)[C@@H](O)[C@@H]([C@H](C)OP(=O)(O)OP(=O)(O)OP(=O)(O)O)O[C@H]1n1cnc2cnc(N)nc21. The van der Waals surface area contributed by atoms with E-state index in [0.717, 1.165) is 6.92 Å². The van der Waals surface area contributed by atoms with Gasteiger partial charge in [0.2, 0.25) is 5.95 Å². The summed E-state index contributed by atoms with van der Waals surface area (Å²) >= 11 is 6.63. The molecule has 2 aromatic rings. The minimum atomic E-state index is -5.75. The van der Waals surface area contributed by atoms with Crippen molar-refractivity contribution in [3.63, 3.8) is 0 Å². The van der Waals surface area contributed by atoms with Crippen molar-refractivity contribution in [1.82, 2.24) is 19.5 Å². The summed E-state index contributed by atoms with van der Waals surface area (Å²) < 4.78 is 53.7. The molecule has 0 aliphatic carbocycles. The first-order valence-corrected chi connectivity index (χ1v) is 14.1. The first-order valence-electron chi connectivity index (χ1n) is 9.21. The highest BCUT2D eigenvalue weighted by Crippen LogP contribution is 2.66. The van der Waals surface area contributed by atoms with Crippen molar-refractivity contribution >= 4 is 52.2 Å². The number of phosphoric acid groups is 3. The van der Waals surface area contributed by atoms with Gasteiger partial charge in [-0.15, -0.1) is 5.92 Å². The molecule has 1 fully saturated rings. The molecular formula is C14H19ClN5O12P3. The second kappa shape index (κ2) is 9.77. The van der Waals surface area contributed by atoms with Crippen LogP contribution in [0.2, 0.25) is 0 Å². The van der Waals surface area contributed by atoms with Crippen molar-refractivity contribution < 1.29 is 56.3 Å². The standard InChI is InChI=1S/C14H19ClN5O12P3/c1-3-4-14(15)10(21)9(7(2)30-34(25,26)32-35(27,28)31-33(22,23)24)29-12(14)20-6-18-8-5-17-13(16)19-11(8)20/h5-7,9-10,12,21H,1-2H3,(H,25,26)(H,27,28)(H2,16,17,19)(H2,22,23,24)/t7-,9+,10-,12+,14?/m0/s1. The quantitative estimate of drug-likeness (QED) is 0.141. The Morgan fingerprint density at radius 3 is 2.49 bits per heavy atom. The molecule has 17 nitrogen and oxygen atoms in total. The molecule has 0 spiro atoms. The molecule has 0 aromatic carbocycles. The molecule has 35 heavy (non-hydrogen) atoms. The van der Waals surface area contributed by atoms with Crippen molar-refractivity contribution in [2.45, 2.75) is 43.3 Å². The highest BCUT2D eigenvalue weighted by Gasteiger charge is 2.58. The summed E-state index contributed by atoms with van der Waals surface area (Å²) in [4.78, 5) is 46.5. The lowest BCUT2D eigenvalue weighted by molar-refractivity contribution is -0.0728. The van der Waals surface area contributed by atoms with Gasteiger partial charge in [0, 0.05) is 0 Å². The fraction of sp³-hybridized carbons (Fsp3) is 0.500. The molecule has 7 atom stereocenters. The van der Waals surface area contributed by atoms with Crippen molar-refractivity contribution in [3.8, 4) is 11.8 Å². The van der Waals surface area contributed by atoms with E-state index in [1.165, 1.54) is 24.0 Å². The topological polar surface area (TPSA) is 259 Å². The number of fused-ring (bicyclic) bond motifs is 1. The summed E-state index contributed by atoms with van der Waals surface area (Å²) in [5.74, 6) is 5.06. The van der Waals surface area contributed by atoms with E-state index in [9.17, 15) is 28.6 Å². The Bertz CT molecular complexity index is 1320. The number of nitrogens with two attached hydrogens (primary N) is 1. The third-order valence-electron chi connectivity index (χ3n) is 4.47. The van der Waals surface area contributed by atoms with Crippen molar-refractivity contribution in [3.05, 3.63) is 12.5 Å². The van der Waals surface area contributed by atoms with Crippen LogP contribution in [0.3, 0.4) is 0 Å². The third-order valence-corrected chi connectivity index (χ3v) is 8.90. The molecule has 1 aliphatic rings. The number of hydrogen-bond donors (Lipinski definition) is 6. The molecule has 3 heterocycles. The van der Waals surface area contributed by atoms with E-state index >= 15 is 0 Å². The zero-order chi connectivity index (χ0) is 26.4. The Labute approximate surface area is 201 Å². The predicted octanol–water partition coefficient (Wildman–Crippen LogP) is 0.399. The Morgan fingerprint density at radius 1 is 1.23 bits per heavy atom.